The molecule has 3 rings (SSSR count). The number of benzene rings is 2. The average Bonchev–Trinajstić information content (AvgIpc) is 2.97. The van der Waals surface area contributed by atoms with Gasteiger partial charge in [0.1, 0.15) is 5.01 Å². The lowest BCUT2D eigenvalue weighted by atomic mass is 10.2. The lowest BCUT2D eigenvalue weighted by Gasteiger charge is -2.16. The normalized spacial score (nSPS) is 11.5. The second-order valence-electron chi connectivity index (χ2n) is 4.92. The third-order valence-corrected chi connectivity index (χ3v) is 4.57. The number of ether oxygens (including phenoxy) is 2. The van der Waals surface area contributed by atoms with E-state index in [1.807, 2.05) is 6.07 Å². The number of carboxylic acids is 1. The summed E-state index contributed by atoms with van der Waals surface area (Å²) >= 11 is 7.33. The van der Waals surface area contributed by atoms with E-state index in [-0.39, 0.29) is 11.5 Å². The van der Waals surface area contributed by atoms with Crippen molar-refractivity contribution in [1.82, 2.24) is 4.98 Å². The first-order chi connectivity index (χ1) is 11.8. The Morgan fingerprint density at radius 1 is 1.24 bits per heavy atom. The van der Waals surface area contributed by atoms with E-state index in [4.69, 9.17) is 21.4 Å². The number of fused-ring (bicyclic) bond motifs is 1. The molecule has 3 aromatic rings. The van der Waals surface area contributed by atoms with Gasteiger partial charge in [0.2, 0.25) is 0 Å². The number of aliphatic carboxylic acids is 1. The van der Waals surface area contributed by atoms with Gasteiger partial charge in [-0.15, -0.1) is 11.3 Å². The van der Waals surface area contributed by atoms with Gasteiger partial charge in [0.15, 0.2) is 11.5 Å². The van der Waals surface area contributed by atoms with Crippen molar-refractivity contribution in [2.75, 3.05) is 7.11 Å². The summed E-state index contributed by atoms with van der Waals surface area (Å²) in [6.07, 6.45) is -4.36. The van der Waals surface area contributed by atoms with Crippen LogP contribution in [0.1, 0.15) is 0 Å². The summed E-state index contributed by atoms with van der Waals surface area (Å²) in [6, 6.07) is 9.46. The lowest BCUT2D eigenvalue weighted by Crippen LogP contribution is -2.34. The molecule has 0 amide bonds. The van der Waals surface area contributed by atoms with Crippen LogP contribution in [0.15, 0.2) is 36.4 Å². The highest BCUT2D eigenvalue weighted by Crippen LogP contribution is 2.38. The van der Waals surface area contributed by atoms with Crippen LogP contribution in [0, 0.1) is 0 Å². The Bertz CT molecular complexity index is 960. The third-order valence-electron chi connectivity index (χ3n) is 3.25. The molecule has 1 heterocycles. The molecular formula is C16H10ClF2NO4S. The van der Waals surface area contributed by atoms with Gasteiger partial charge < -0.3 is 14.6 Å². The monoisotopic (exact) mass is 385 g/mol. The maximum absolute atomic E-state index is 13.2. The quantitative estimate of drug-likeness (QED) is 0.690. The Morgan fingerprint density at radius 2 is 2.00 bits per heavy atom. The molecular weight excluding hydrogens is 376 g/mol. The molecule has 0 radical (unpaired) electrons. The lowest BCUT2D eigenvalue weighted by molar-refractivity contribution is -0.211. The molecule has 9 heteroatoms. The van der Waals surface area contributed by atoms with Gasteiger partial charge in [-0.3, -0.25) is 0 Å². The third kappa shape index (κ3) is 3.49. The van der Waals surface area contributed by atoms with Gasteiger partial charge in [0.25, 0.3) is 0 Å². The maximum atomic E-state index is 13.2. The largest absolute Gasteiger partial charge is 0.502 e. The van der Waals surface area contributed by atoms with Gasteiger partial charge >= 0.3 is 12.1 Å². The fourth-order valence-corrected chi connectivity index (χ4v) is 3.20. The number of carbonyl (C=O) groups is 1. The molecule has 2 aromatic carbocycles. The van der Waals surface area contributed by atoms with Gasteiger partial charge in [0.05, 0.1) is 17.3 Å². The summed E-state index contributed by atoms with van der Waals surface area (Å²) in [5.74, 6) is -2.81. The molecule has 0 bridgehead atoms. The molecule has 0 atom stereocenters. The van der Waals surface area contributed by atoms with Crippen molar-refractivity contribution in [1.29, 1.82) is 0 Å². The summed E-state index contributed by atoms with van der Waals surface area (Å²) < 4.78 is 36.7. The number of rotatable bonds is 5. The topological polar surface area (TPSA) is 68.7 Å². The predicted molar refractivity (Wildman–Crippen MR) is 89.8 cm³/mol. The Morgan fingerprint density at radius 3 is 2.68 bits per heavy atom. The zero-order valence-electron chi connectivity index (χ0n) is 12.6. The van der Waals surface area contributed by atoms with Crippen LogP contribution in [0.3, 0.4) is 0 Å². The summed E-state index contributed by atoms with van der Waals surface area (Å²) in [4.78, 5) is 15.0. The molecule has 0 spiro atoms. The zero-order valence-corrected chi connectivity index (χ0v) is 14.2. The summed E-state index contributed by atoms with van der Waals surface area (Å²) in [6.45, 7) is 0. The number of carboxylic acid groups (broad SMARTS) is 1. The Hall–Kier alpha value is -2.45. The first-order valence-electron chi connectivity index (χ1n) is 6.85. The molecule has 0 saturated carbocycles. The molecule has 1 N–H and O–H groups in total. The molecule has 0 aliphatic rings. The van der Waals surface area contributed by atoms with Crippen molar-refractivity contribution >= 4 is 39.1 Å². The number of thiazole rings is 1. The van der Waals surface area contributed by atoms with Crippen LogP contribution in [0.5, 0.6) is 11.5 Å². The molecule has 25 heavy (non-hydrogen) atoms. The van der Waals surface area contributed by atoms with E-state index in [2.05, 4.69) is 9.72 Å². The summed E-state index contributed by atoms with van der Waals surface area (Å²) in [5, 5.41) is 9.66. The summed E-state index contributed by atoms with van der Waals surface area (Å²) in [5.41, 5.74) is 1.32. The minimum atomic E-state index is -4.36. The molecule has 1 aromatic heterocycles. The SMILES string of the molecule is COc1cc(-c2nc3cc(Cl)ccc3s2)ccc1OC(F)(F)C(=O)O. The van der Waals surface area contributed by atoms with E-state index in [0.717, 1.165) is 4.70 Å². The molecule has 0 aliphatic heterocycles. The van der Waals surface area contributed by atoms with Crippen molar-refractivity contribution < 1.29 is 28.2 Å². The highest BCUT2D eigenvalue weighted by Gasteiger charge is 2.43. The standard InChI is InChI=1S/C16H10ClF2NO4S/c1-23-12-6-8(2-4-11(12)24-16(18,19)15(21)22)14-20-10-7-9(17)3-5-13(10)25-14/h2-7H,1H3,(H,21,22). The number of methoxy groups -OCH3 is 1. The molecule has 130 valence electrons. The highest BCUT2D eigenvalue weighted by molar-refractivity contribution is 7.21. The summed E-state index contributed by atoms with van der Waals surface area (Å²) in [7, 11) is 1.27. The van der Waals surface area contributed by atoms with E-state index in [9.17, 15) is 13.6 Å². The van der Waals surface area contributed by atoms with Crippen LogP contribution in [-0.4, -0.2) is 29.3 Å². The maximum Gasteiger partial charge on any atom is 0.502 e. The van der Waals surface area contributed by atoms with Crippen molar-refractivity contribution in [2.24, 2.45) is 0 Å². The number of aromatic nitrogens is 1. The molecule has 5 nitrogen and oxygen atoms in total. The molecule has 0 fully saturated rings. The van der Waals surface area contributed by atoms with Crippen LogP contribution in [0.2, 0.25) is 5.02 Å². The molecule has 0 unspecified atom stereocenters. The molecule has 0 aliphatic carbocycles. The van der Waals surface area contributed by atoms with Crippen molar-refractivity contribution in [3.05, 3.63) is 41.4 Å². The Balaban J connectivity index is 1.99. The van der Waals surface area contributed by atoms with Crippen LogP contribution in [-0.2, 0) is 4.79 Å². The number of halogens is 3. The van der Waals surface area contributed by atoms with Gasteiger partial charge in [-0.1, -0.05) is 11.6 Å². The number of hydrogen-bond donors (Lipinski definition) is 1. The zero-order chi connectivity index (χ0) is 18.2. The number of alkyl halides is 2. The van der Waals surface area contributed by atoms with E-state index < -0.39 is 12.1 Å². The van der Waals surface area contributed by atoms with Gasteiger partial charge in [0, 0.05) is 10.6 Å². The Labute approximate surface area is 149 Å². The van der Waals surface area contributed by atoms with Crippen LogP contribution in [0.25, 0.3) is 20.8 Å². The second kappa shape index (κ2) is 6.45. The number of hydrogen-bond acceptors (Lipinski definition) is 5. The predicted octanol–water partition coefficient (Wildman–Crippen LogP) is 4.68. The second-order valence-corrected chi connectivity index (χ2v) is 6.39. The molecule has 0 saturated heterocycles. The van der Waals surface area contributed by atoms with Crippen molar-refractivity contribution in [2.45, 2.75) is 6.11 Å². The van der Waals surface area contributed by atoms with E-state index in [1.165, 1.54) is 36.6 Å². The first kappa shape index (κ1) is 17.4. The smallest absolute Gasteiger partial charge is 0.493 e. The fourth-order valence-electron chi connectivity index (χ4n) is 2.09. The van der Waals surface area contributed by atoms with E-state index >= 15 is 0 Å². The van der Waals surface area contributed by atoms with Gasteiger partial charge in [-0.05, 0) is 36.4 Å². The minimum Gasteiger partial charge on any atom is -0.493 e. The van der Waals surface area contributed by atoms with Crippen molar-refractivity contribution in [3.63, 3.8) is 0 Å². The van der Waals surface area contributed by atoms with Crippen LogP contribution in [0.4, 0.5) is 8.78 Å². The Kier molecular flexibility index (Phi) is 4.49. The average molecular weight is 386 g/mol. The van der Waals surface area contributed by atoms with Crippen LogP contribution < -0.4 is 9.47 Å². The van der Waals surface area contributed by atoms with Gasteiger partial charge in [-0.25, -0.2) is 9.78 Å². The first-order valence-corrected chi connectivity index (χ1v) is 8.04. The van der Waals surface area contributed by atoms with Gasteiger partial charge in [-0.2, -0.15) is 8.78 Å². The number of nitrogens with zero attached hydrogens (tertiary/aromatic N) is 1. The minimum absolute atomic E-state index is 0.0317. The van der Waals surface area contributed by atoms with Crippen molar-refractivity contribution in [3.8, 4) is 22.1 Å². The van der Waals surface area contributed by atoms with E-state index in [1.54, 1.807) is 12.1 Å². The van der Waals surface area contributed by atoms with Crippen LogP contribution >= 0.6 is 22.9 Å². The fraction of sp³-hybridized carbons (Fsp3) is 0.125. The highest BCUT2D eigenvalue weighted by atomic mass is 35.5. The van der Waals surface area contributed by atoms with E-state index in [0.29, 0.717) is 21.1 Å².